The highest BCUT2D eigenvalue weighted by Crippen LogP contribution is 2.20. The first-order chi connectivity index (χ1) is 4.71. The zero-order valence-corrected chi connectivity index (χ0v) is 6.90. The third-order valence-electron chi connectivity index (χ3n) is 2.26. The van der Waals surface area contributed by atoms with Gasteiger partial charge in [-0.25, -0.2) is 0 Å². The summed E-state index contributed by atoms with van der Waals surface area (Å²) in [6, 6.07) is 0. The van der Waals surface area contributed by atoms with Gasteiger partial charge in [-0.1, -0.05) is 20.8 Å². The van der Waals surface area contributed by atoms with E-state index in [4.69, 9.17) is 4.84 Å². The van der Waals surface area contributed by atoms with Crippen molar-refractivity contribution in [3.63, 3.8) is 0 Å². The van der Waals surface area contributed by atoms with Gasteiger partial charge in [-0.05, 0) is 12.3 Å². The zero-order chi connectivity index (χ0) is 7.61. The Hall–Kier alpha value is -0.120. The van der Waals surface area contributed by atoms with Crippen molar-refractivity contribution in [3.05, 3.63) is 0 Å². The summed E-state index contributed by atoms with van der Waals surface area (Å²) in [4.78, 5) is 5.05. The van der Waals surface area contributed by atoms with Gasteiger partial charge in [-0.15, -0.1) is 0 Å². The molecule has 1 aliphatic rings. The van der Waals surface area contributed by atoms with E-state index in [0.717, 1.165) is 6.42 Å². The molecule has 1 saturated heterocycles. The number of rotatable bonds is 2. The molecule has 0 aromatic carbocycles. The van der Waals surface area contributed by atoms with Gasteiger partial charge in [0.05, 0.1) is 5.66 Å². The maximum absolute atomic E-state index is 5.05. The van der Waals surface area contributed by atoms with Crippen molar-refractivity contribution in [2.75, 3.05) is 6.73 Å². The van der Waals surface area contributed by atoms with E-state index in [1.54, 1.807) is 0 Å². The van der Waals surface area contributed by atoms with E-state index >= 15 is 0 Å². The Labute approximate surface area is 62.1 Å². The van der Waals surface area contributed by atoms with Crippen LogP contribution in [0.5, 0.6) is 0 Å². The molecule has 0 aliphatic carbocycles. The Bertz CT molecular complexity index is 108. The molecule has 0 amide bonds. The summed E-state index contributed by atoms with van der Waals surface area (Å²) in [5, 5.41) is 3.29. The molecular weight excluding hydrogens is 128 g/mol. The van der Waals surface area contributed by atoms with Crippen LogP contribution in [-0.4, -0.2) is 12.4 Å². The van der Waals surface area contributed by atoms with Gasteiger partial charge in [0.25, 0.3) is 0 Å². The second-order valence-corrected chi connectivity index (χ2v) is 3.05. The molecule has 2 N–H and O–H groups in total. The Morgan fingerprint density at radius 3 is 2.50 bits per heavy atom. The lowest BCUT2D eigenvalue weighted by Crippen LogP contribution is -2.52. The number of hydrogen-bond acceptors (Lipinski definition) is 3. The second-order valence-electron chi connectivity index (χ2n) is 3.05. The van der Waals surface area contributed by atoms with Crippen LogP contribution >= 0.6 is 0 Å². The van der Waals surface area contributed by atoms with E-state index in [0.29, 0.717) is 12.6 Å². The van der Waals surface area contributed by atoms with Gasteiger partial charge in [-0.2, -0.15) is 5.48 Å². The van der Waals surface area contributed by atoms with Crippen LogP contribution < -0.4 is 10.8 Å². The van der Waals surface area contributed by atoms with Crippen LogP contribution in [0.4, 0.5) is 0 Å². The minimum atomic E-state index is 0.0139. The van der Waals surface area contributed by atoms with Gasteiger partial charge in [0.2, 0.25) is 0 Å². The Morgan fingerprint density at radius 2 is 2.30 bits per heavy atom. The molecule has 3 nitrogen and oxygen atoms in total. The molecule has 1 fully saturated rings. The average molecular weight is 144 g/mol. The highest BCUT2D eigenvalue weighted by molar-refractivity contribution is 4.85. The van der Waals surface area contributed by atoms with Crippen LogP contribution in [0.3, 0.4) is 0 Å². The van der Waals surface area contributed by atoms with Gasteiger partial charge in [0, 0.05) is 0 Å². The molecule has 1 aliphatic heterocycles. The van der Waals surface area contributed by atoms with Crippen molar-refractivity contribution in [1.29, 1.82) is 0 Å². The lowest BCUT2D eigenvalue weighted by atomic mass is 9.94. The quantitative estimate of drug-likeness (QED) is 0.602. The van der Waals surface area contributed by atoms with E-state index in [2.05, 4.69) is 31.6 Å². The van der Waals surface area contributed by atoms with E-state index in [9.17, 15) is 0 Å². The van der Waals surface area contributed by atoms with Crippen LogP contribution in [0.15, 0.2) is 0 Å². The normalized spacial score (nSPS) is 33.6. The molecule has 0 aromatic heterocycles. The first-order valence-corrected chi connectivity index (χ1v) is 3.85. The molecule has 0 saturated carbocycles. The number of nitrogens with one attached hydrogen (secondary N) is 2. The van der Waals surface area contributed by atoms with Gasteiger partial charge in [0.1, 0.15) is 6.73 Å². The van der Waals surface area contributed by atoms with Gasteiger partial charge >= 0.3 is 0 Å². The molecule has 0 aromatic rings. The minimum absolute atomic E-state index is 0.0139. The summed E-state index contributed by atoms with van der Waals surface area (Å²) in [6.07, 6.45) is 1.05. The van der Waals surface area contributed by atoms with Crippen LogP contribution in [-0.2, 0) is 4.84 Å². The highest BCUT2D eigenvalue weighted by atomic mass is 16.7. The average Bonchev–Trinajstić information content (AvgIpc) is 2.35. The number of hydroxylamine groups is 1. The summed E-state index contributed by atoms with van der Waals surface area (Å²) < 4.78 is 0. The summed E-state index contributed by atoms with van der Waals surface area (Å²) in [6.45, 7) is 7.12. The van der Waals surface area contributed by atoms with Gasteiger partial charge < -0.3 is 0 Å². The van der Waals surface area contributed by atoms with Crippen molar-refractivity contribution in [1.82, 2.24) is 10.8 Å². The Kier molecular flexibility index (Phi) is 2.28. The lowest BCUT2D eigenvalue weighted by molar-refractivity contribution is 0.0431. The summed E-state index contributed by atoms with van der Waals surface area (Å²) in [5.74, 6) is 0.556. The molecule has 0 bridgehead atoms. The molecule has 1 heterocycles. The molecule has 1 atom stereocenters. The van der Waals surface area contributed by atoms with Crippen molar-refractivity contribution in [2.45, 2.75) is 32.9 Å². The molecule has 1 rings (SSSR count). The fourth-order valence-electron chi connectivity index (χ4n) is 1.29. The largest absolute Gasteiger partial charge is 0.284 e. The Morgan fingerprint density at radius 1 is 1.60 bits per heavy atom. The monoisotopic (exact) mass is 144 g/mol. The lowest BCUT2D eigenvalue weighted by Gasteiger charge is -2.30. The van der Waals surface area contributed by atoms with Crippen LogP contribution in [0.1, 0.15) is 27.2 Å². The van der Waals surface area contributed by atoms with Crippen LogP contribution in [0.25, 0.3) is 0 Å². The molecule has 10 heavy (non-hydrogen) atoms. The number of hydrogen-bond donors (Lipinski definition) is 2. The molecule has 0 spiro atoms. The van der Waals surface area contributed by atoms with Gasteiger partial charge in [-0.3, -0.25) is 10.2 Å². The van der Waals surface area contributed by atoms with E-state index in [-0.39, 0.29) is 5.66 Å². The third kappa shape index (κ3) is 1.17. The SMILES string of the molecule is CCC1(C(C)C)NCON1. The van der Waals surface area contributed by atoms with Crippen LogP contribution in [0.2, 0.25) is 0 Å². The first-order valence-electron chi connectivity index (χ1n) is 3.85. The van der Waals surface area contributed by atoms with Crippen molar-refractivity contribution in [3.8, 4) is 0 Å². The Balaban J connectivity index is 2.58. The van der Waals surface area contributed by atoms with Crippen molar-refractivity contribution in [2.24, 2.45) is 5.92 Å². The van der Waals surface area contributed by atoms with Crippen molar-refractivity contribution < 1.29 is 4.84 Å². The molecule has 3 heteroatoms. The fraction of sp³-hybridized carbons (Fsp3) is 1.00. The smallest absolute Gasteiger partial charge is 0.120 e. The van der Waals surface area contributed by atoms with Gasteiger partial charge in [0.15, 0.2) is 0 Å². The summed E-state index contributed by atoms with van der Waals surface area (Å²) >= 11 is 0. The maximum Gasteiger partial charge on any atom is 0.120 e. The van der Waals surface area contributed by atoms with E-state index in [1.807, 2.05) is 0 Å². The predicted molar refractivity (Wildman–Crippen MR) is 40.1 cm³/mol. The van der Waals surface area contributed by atoms with Crippen molar-refractivity contribution >= 4 is 0 Å². The summed E-state index contributed by atoms with van der Waals surface area (Å²) in [7, 11) is 0. The summed E-state index contributed by atoms with van der Waals surface area (Å²) in [5.41, 5.74) is 3.02. The fourth-order valence-corrected chi connectivity index (χ4v) is 1.29. The standard InChI is InChI=1S/C7H16N2O/c1-4-7(6(2)3)8-5-10-9-7/h6,8-9H,4-5H2,1-3H3. The molecule has 1 unspecified atom stereocenters. The first kappa shape index (κ1) is 7.98. The molecule has 60 valence electrons. The molecular formula is C7H16N2O. The third-order valence-corrected chi connectivity index (χ3v) is 2.26. The predicted octanol–water partition coefficient (Wildman–Crippen LogP) is 0.831. The minimum Gasteiger partial charge on any atom is -0.284 e. The topological polar surface area (TPSA) is 33.3 Å². The maximum atomic E-state index is 5.05. The second kappa shape index (κ2) is 2.86. The zero-order valence-electron chi connectivity index (χ0n) is 6.90. The highest BCUT2D eigenvalue weighted by Gasteiger charge is 2.35. The van der Waals surface area contributed by atoms with E-state index in [1.165, 1.54) is 0 Å². The van der Waals surface area contributed by atoms with E-state index < -0.39 is 0 Å². The molecule has 0 radical (unpaired) electrons. The van der Waals surface area contributed by atoms with Crippen LogP contribution in [0, 0.1) is 5.92 Å².